The molecule has 1 N–H and O–H groups in total. The van der Waals surface area contributed by atoms with E-state index in [1.54, 1.807) is 18.2 Å². The molecule has 2 aromatic rings. The lowest BCUT2D eigenvalue weighted by Gasteiger charge is -2.06. The minimum absolute atomic E-state index is 0.167. The summed E-state index contributed by atoms with van der Waals surface area (Å²) < 4.78 is 0.679. The number of benzene rings is 2. The number of carbonyl (C=O) groups excluding carboxylic acids is 1. The molecule has 0 saturated heterocycles. The van der Waals surface area contributed by atoms with E-state index in [4.69, 9.17) is 11.6 Å². The number of carbonyl (C=O) groups is 1. The van der Waals surface area contributed by atoms with Gasteiger partial charge in [-0.1, -0.05) is 29.8 Å². The number of hydrogen-bond donors (Lipinski definition) is 1. The maximum Gasteiger partial charge on any atom is 0.256 e. The molecule has 17 heavy (non-hydrogen) atoms. The second kappa shape index (κ2) is 5.34. The van der Waals surface area contributed by atoms with Crippen LogP contribution in [0.2, 0.25) is 5.02 Å². The van der Waals surface area contributed by atoms with Crippen LogP contribution in [0.1, 0.15) is 10.4 Å². The van der Waals surface area contributed by atoms with Crippen molar-refractivity contribution in [3.63, 3.8) is 0 Å². The van der Waals surface area contributed by atoms with Crippen molar-refractivity contribution in [3.05, 3.63) is 63.6 Å². The molecule has 0 aromatic heterocycles. The molecule has 2 aromatic carbocycles. The maximum atomic E-state index is 12.0. The summed E-state index contributed by atoms with van der Waals surface area (Å²) in [5.41, 5.74) is 1.32. The highest BCUT2D eigenvalue weighted by Gasteiger charge is 2.10. The van der Waals surface area contributed by atoms with Crippen LogP contribution in [0, 0.1) is 0 Å². The van der Waals surface area contributed by atoms with Crippen molar-refractivity contribution in [2.24, 2.45) is 0 Å². The highest BCUT2D eigenvalue weighted by atomic mass is 79.9. The van der Waals surface area contributed by atoms with E-state index in [-0.39, 0.29) is 5.91 Å². The average molecular weight is 311 g/mol. The predicted octanol–water partition coefficient (Wildman–Crippen LogP) is 4.35. The molecule has 1 amide bonds. The molecule has 0 heterocycles. The Balaban J connectivity index is 2.21. The number of amides is 1. The molecule has 0 spiro atoms. The third kappa shape index (κ3) is 3.08. The first kappa shape index (κ1) is 12.1. The molecule has 0 fully saturated rings. The molecule has 0 aliphatic rings. The fraction of sp³-hybridized carbons (Fsp3) is 0. The molecule has 2 rings (SSSR count). The van der Waals surface area contributed by atoms with Gasteiger partial charge in [-0.2, -0.15) is 0 Å². The highest BCUT2D eigenvalue weighted by Crippen LogP contribution is 2.22. The lowest BCUT2D eigenvalue weighted by atomic mass is 10.2. The van der Waals surface area contributed by atoms with E-state index in [0.717, 1.165) is 5.69 Å². The highest BCUT2D eigenvalue weighted by molar-refractivity contribution is 9.10. The van der Waals surface area contributed by atoms with Crippen LogP contribution in [0.15, 0.2) is 53.0 Å². The number of hydrogen-bond acceptors (Lipinski definition) is 1. The number of anilines is 1. The topological polar surface area (TPSA) is 29.1 Å². The standard InChI is InChI=1S/C13H9BrClNO/c14-12-8-9(15)6-7-11(12)13(17)16-10-4-2-1-3-5-10/h1-8H,(H,16,17). The van der Waals surface area contributed by atoms with Gasteiger partial charge in [0.05, 0.1) is 5.56 Å². The van der Waals surface area contributed by atoms with E-state index < -0.39 is 0 Å². The van der Waals surface area contributed by atoms with Crippen molar-refractivity contribution in [1.82, 2.24) is 0 Å². The van der Waals surface area contributed by atoms with Gasteiger partial charge in [0.2, 0.25) is 0 Å². The van der Waals surface area contributed by atoms with Crippen LogP contribution in [0.3, 0.4) is 0 Å². The van der Waals surface area contributed by atoms with Crippen LogP contribution in [-0.4, -0.2) is 5.91 Å². The molecule has 0 bridgehead atoms. The summed E-state index contributed by atoms with van der Waals surface area (Å²) in [6, 6.07) is 14.4. The van der Waals surface area contributed by atoms with Crippen LogP contribution >= 0.6 is 27.5 Å². The quantitative estimate of drug-likeness (QED) is 0.877. The molecule has 2 nitrogen and oxygen atoms in total. The zero-order valence-corrected chi connectivity index (χ0v) is 11.1. The van der Waals surface area contributed by atoms with E-state index in [9.17, 15) is 4.79 Å². The van der Waals surface area contributed by atoms with Gasteiger partial charge in [0.25, 0.3) is 5.91 Å². The van der Waals surface area contributed by atoms with Crippen molar-refractivity contribution >= 4 is 39.1 Å². The first-order valence-electron chi connectivity index (χ1n) is 4.98. The summed E-state index contributed by atoms with van der Waals surface area (Å²) in [7, 11) is 0. The van der Waals surface area contributed by atoms with Gasteiger partial charge in [-0.05, 0) is 46.3 Å². The molecule has 0 unspecified atom stereocenters. The smallest absolute Gasteiger partial charge is 0.256 e. The summed E-state index contributed by atoms with van der Waals surface area (Å²) >= 11 is 9.14. The molecular formula is C13H9BrClNO. The lowest BCUT2D eigenvalue weighted by Crippen LogP contribution is -2.12. The number of para-hydroxylation sites is 1. The van der Waals surface area contributed by atoms with Gasteiger partial charge in [0.15, 0.2) is 0 Å². The number of rotatable bonds is 2. The Labute approximate surface area is 113 Å². The molecule has 86 valence electrons. The zero-order valence-electron chi connectivity index (χ0n) is 8.78. The molecule has 0 aliphatic carbocycles. The van der Waals surface area contributed by atoms with Crippen molar-refractivity contribution in [2.45, 2.75) is 0 Å². The van der Waals surface area contributed by atoms with Crippen molar-refractivity contribution in [2.75, 3.05) is 5.32 Å². The van der Waals surface area contributed by atoms with Crippen LogP contribution in [0.25, 0.3) is 0 Å². The summed E-state index contributed by atoms with van der Waals surface area (Å²) in [6.07, 6.45) is 0. The zero-order chi connectivity index (χ0) is 12.3. The molecule has 4 heteroatoms. The van der Waals surface area contributed by atoms with Gasteiger partial charge < -0.3 is 5.32 Å². The summed E-state index contributed by atoms with van der Waals surface area (Å²) in [4.78, 5) is 12.0. The minimum Gasteiger partial charge on any atom is -0.322 e. The predicted molar refractivity (Wildman–Crippen MR) is 73.5 cm³/mol. The number of halogens is 2. The van der Waals surface area contributed by atoms with E-state index in [1.165, 1.54) is 0 Å². The summed E-state index contributed by atoms with van der Waals surface area (Å²) in [6.45, 7) is 0. The third-order valence-corrected chi connectivity index (χ3v) is 3.10. The molecule has 0 saturated carbocycles. The van der Waals surface area contributed by atoms with Crippen LogP contribution < -0.4 is 5.32 Å². The molecule has 0 aliphatic heterocycles. The first-order valence-corrected chi connectivity index (χ1v) is 6.15. The largest absolute Gasteiger partial charge is 0.322 e. The van der Waals surface area contributed by atoms with Crippen LogP contribution in [0.4, 0.5) is 5.69 Å². The SMILES string of the molecule is O=C(Nc1ccccc1)c1ccc(Cl)cc1Br. The first-order chi connectivity index (χ1) is 8.16. The Morgan fingerprint density at radius 1 is 1.12 bits per heavy atom. The fourth-order valence-corrected chi connectivity index (χ4v) is 2.26. The van der Waals surface area contributed by atoms with E-state index in [1.807, 2.05) is 30.3 Å². The van der Waals surface area contributed by atoms with Crippen molar-refractivity contribution in [1.29, 1.82) is 0 Å². The minimum atomic E-state index is -0.167. The Morgan fingerprint density at radius 3 is 2.47 bits per heavy atom. The van der Waals surface area contributed by atoms with Gasteiger partial charge in [-0.25, -0.2) is 0 Å². The molecule has 0 atom stereocenters. The van der Waals surface area contributed by atoms with Crippen molar-refractivity contribution in [3.8, 4) is 0 Å². The van der Waals surface area contributed by atoms with Crippen LogP contribution in [-0.2, 0) is 0 Å². The Hall–Kier alpha value is -1.32. The van der Waals surface area contributed by atoms with Crippen LogP contribution in [0.5, 0.6) is 0 Å². The third-order valence-electron chi connectivity index (χ3n) is 2.21. The second-order valence-corrected chi connectivity index (χ2v) is 4.74. The Bertz CT molecular complexity index is 542. The van der Waals surface area contributed by atoms with E-state index in [0.29, 0.717) is 15.1 Å². The Kier molecular flexibility index (Phi) is 3.82. The fourth-order valence-electron chi connectivity index (χ4n) is 1.39. The van der Waals surface area contributed by atoms with Gasteiger partial charge in [0.1, 0.15) is 0 Å². The summed E-state index contributed by atoms with van der Waals surface area (Å²) in [5, 5.41) is 3.40. The molecule has 0 radical (unpaired) electrons. The second-order valence-electron chi connectivity index (χ2n) is 3.44. The van der Waals surface area contributed by atoms with Gasteiger partial charge in [-0.3, -0.25) is 4.79 Å². The van der Waals surface area contributed by atoms with Gasteiger partial charge in [-0.15, -0.1) is 0 Å². The Morgan fingerprint density at radius 2 is 1.82 bits per heavy atom. The monoisotopic (exact) mass is 309 g/mol. The maximum absolute atomic E-state index is 12.0. The van der Waals surface area contributed by atoms with Gasteiger partial charge >= 0.3 is 0 Å². The molecular weight excluding hydrogens is 302 g/mol. The van der Waals surface area contributed by atoms with Gasteiger partial charge in [0, 0.05) is 15.2 Å². The normalized spacial score (nSPS) is 10.0. The van der Waals surface area contributed by atoms with E-state index >= 15 is 0 Å². The average Bonchev–Trinajstić information content (AvgIpc) is 2.30. The van der Waals surface area contributed by atoms with E-state index in [2.05, 4.69) is 21.2 Å². The lowest BCUT2D eigenvalue weighted by molar-refractivity contribution is 0.102. The summed E-state index contributed by atoms with van der Waals surface area (Å²) in [5.74, 6) is -0.167. The number of nitrogens with one attached hydrogen (secondary N) is 1. The van der Waals surface area contributed by atoms with Crippen molar-refractivity contribution < 1.29 is 4.79 Å².